The highest BCUT2D eigenvalue weighted by Gasteiger charge is 2.26. The van der Waals surface area contributed by atoms with E-state index in [9.17, 15) is 19.7 Å². The lowest BCUT2D eigenvalue weighted by molar-refractivity contribution is -0.384. The van der Waals surface area contributed by atoms with Crippen LogP contribution in [0.3, 0.4) is 0 Å². The summed E-state index contributed by atoms with van der Waals surface area (Å²) in [4.78, 5) is 42.6. The molecule has 0 spiro atoms. The van der Waals surface area contributed by atoms with E-state index in [0.29, 0.717) is 60.8 Å². The zero-order valence-electron chi connectivity index (χ0n) is 23.7. The normalized spacial score (nSPS) is 16.1. The number of carbonyl (C=O) groups excluding carboxylic acids is 2. The summed E-state index contributed by atoms with van der Waals surface area (Å²) in [5.74, 6) is 0.565. The molecule has 0 saturated carbocycles. The van der Waals surface area contributed by atoms with E-state index in [-0.39, 0.29) is 22.3 Å². The van der Waals surface area contributed by atoms with Crippen molar-refractivity contribution >= 4 is 63.5 Å². The van der Waals surface area contributed by atoms with E-state index < -0.39 is 10.8 Å². The molecule has 0 atom stereocenters. The number of nitro groups is 1. The summed E-state index contributed by atoms with van der Waals surface area (Å²) < 4.78 is 0. The topological polar surface area (TPSA) is 111 Å². The number of nitro benzene ring substituents is 1. The average Bonchev–Trinajstić information content (AvgIpc) is 2.93. The number of amides is 2. The van der Waals surface area contributed by atoms with E-state index in [2.05, 4.69) is 22.5 Å². The predicted octanol–water partition coefficient (Wildman–Crippen LogP) is 5.31. The molecule has 0 radical (unpaired) electrons. The number of carbonyl (C=O) groups is 2. The number of anilines is 3. The first-order valence-corrected chi connectivity index (χ1v) is 14.8. The Labute approximate surface area is 251 Å². The molecule has 12 heteroatoms. The molecule has 2 heterocycles. The summed E-state index contributed by atoms with van der Waals surface area (Å²) in [5, 5.41) is 17.9. The third kappa shape index (κ3) is 7.85. The van der Waals surface area contributed by atoms with Gasteiger partial charge in [0.05, 0.1) is 15.6 Å². The second kappa shape index (κ2) is 13.5. The van der Waals surface area contributed by atoms with Gasteiger partial charge in [0.2, 0.25) is 5.91 Å². The lowest BCUT2D eigenvalue weighted by Crippen LogP contribution is -2.49. The second-order valence-corrected chi connectivity index (χ2v) is 12.0. The number of piperazine rings is 1. The highest BCUT2D eigenvalue weighted by atomic mass is 35.5. The number of nitrogens with zero attached hydrogens (tertiary/aromatic N) is 4. The molecule has 2 N–H and O–H groups in total. The summed E-state index contributed by atoms with van der Waals surface area (Å²) in [5.41, 5.74) is 2.03. The van der Waals surface area contributed by atoms with Crippen molar-refractivity contribution in [1.29, 1.82) is 0 Å². The molecule has 2 amide bonds. The van der Waals surface area contributed by atoms with Crippen LogP contribution in [0.4, 0.5) is 22.7 Å². The van der Waals surface area contributed by atoms with Crippen molar-refractivity contribution in [2.24, 2.45) is 11.8 Å². The Bertz CT molecular complexity index is 1310. The van der Waals surface area contributed by atoms with E-state index in [1.807, 2.05) is 35.8 Å². The molecule has 41 heavy (non-hydrogen) atoms. The van der Waals surface area contributed by atoms with E-state index >= 15 is 0 Å². The lowest BCUT2D eigenvalue weighted by atomic mass is 9.98. The number of thiocarbonyl (C=S) groups is 1. The first kappa shape index (κ1) is 30.5. The van der Waals surface area contributed by atoms with E-state index in [1.165, 1.54) is 6.07 Å². The lowest BCUT2D eigenvalue weighted by Gasteiger charge is -2.37. The molecule has 0 aliphatic carbocycles. The molecule has 2 aromatic rings. The summed E-state index contributed by atoms with van der Waals surface area (Å²) in [7, 11) is 0. The summed E-state index contributed by atoms with van der Waals surface area (Å²) in [6, 6.07) is 9.94. The number of piperidine rings is 1. The largest absolute Gasteiger partial charge is 0.367 e. The highest BCUT2D eigenvalue weighted by Crippen LogP contribution is 2.33. The Morgan fingerprint density at radius 1 is 1.02 bits per heavy atom. The fourth-order valence-electron chi connectivity index (χ4n) is 5.18. The van der Waals surface area contributed by atoms with E-state index in [0.717, 1.165) is 31.6 Å². The van der Waals surface area contributed by atoms with Crippen LogP contribution in [0.1, 0.15) is 50.4 Å². The number of hydrogen-bond donors (Lipinski definition) is 2. The molecular weight excluding hydrogens is 564 g/mol. The number of hydrogen-bond acceptors (Lipinski definition) is 7. The maximum Gasteiger partial charge on any atom is 0.293 e. The van der Waals surface area contributed by atoms with Crippen molar-refractivity contribution in [1.82, 2.24) is 10.2 Å². The molecule has 2 saturated heterocycles. The first-order chi connectivity index (χ1) is 19.5. The van der Waals surface area contributed by atoms with Crippen LogP contribution >= 0.6 is 23.8 Å². The zero-order chi connectivity index (χ0) is 29.7. The minimum absolute atomic E-state index is 0.0489. The zero-order valence-corrected chi connectivity index (χ0v) is 25.3. The third-order valence-electron chi connectivity index (χ3n) is 7.55. The van der Waals surface area contributed by atoms with Crippen LogP contribution in [0.5, 0.6) is 0 Å². The van der Waals surface area contributed by atoms with Gasteiger partial charge in [-0.05, 0) is 67.2 Å². The Morgan fingerprint density at radius 2 is 1.66 bits per heavy atom. The van der Waals surface area contributed by atoms with Gasteiger partial charge in [-0.2, -0.15) is 0 Å². The number of nitrogens with one attached hydrogen (secondary N) is 2. The molecule has 4 rings (SSSR count). The Kier molecular flexibility index (Phi) is 10.0. The minimum Gasteiger partial charge on any atom is -0.367 e. The maximum absolute atomic E-state index is 12.9. The van der Waals surface area contributed by atoms with Gasteiger partial charge in [-0.1, -0.05) is 32.4 Å². The third-order valence-corrected chi connectivity index (χ3v) is 8.05. The molecule has 2 aliphatic rings. The SMILES string of the molecule is CC(C)CC(=O)N1CCN(c2ccc(NC(=S)NC(=O)c3ccc(N4CCC(C)CC4)c([N+](=O)[O-])c3)cc2Cl)CC1. The van der Waals surface area contributed by atoms with Gasteiger partial charge >= 0.3 is 0 Å². The Balaban J connectivity index is 1.34. The van der Waals surface area contributed by atoms with Crippen LogP contribution in [0, 0.1) is 22.0 Å². The number of rotatable bonds is 7. The van der Waals surface area contributed by atoms with Crippen molar-refractivity contribution in [3.8, 4) is 0 Å². The van der Waals surface area contributed by atoms with Crippen LogP contribution in [-0.2, 0) is 4.79 Å². The molecule has 0 aromatic heterocycles. The van der Waals surface area contributed by atoms with Crippen molar-refractivity contribution < 1.29 is 14.5 Å². The quantitative estimate of drug-likeness (QED) is 0.250. The van der Waals surface area contributed by atoms with E-state index in [1.54, 1.807) is 18.2 Å². The highest BCUT2D eigenvalue weighted by molar-refractivity contribution is 7.80. The van der Waals surface area contributed by atoms with Crippen LogP contribution in [-0.4, -0.2) is 66.0 Å². The summed E-state index contributed by atoms with van der Waals surface area (Å²) in [6.45, 7) is 10.4. The molecule has 2 fully saturated rings. The number of halogens is 1. The fraction of sp³-hybridized carbons (Fsp3) is 0.483. The molecular formula is C29H37ClN6O4S. The van der Waals surface area contributed by atoms with Gasteiger partial charge in [-0.25, -0.2) is 0 Å². The fourth-order valence-corrected chi connectivity index (χ4v) is 5.69. The molecule has 0 unspecified atom stereocenters. The first-order valence-electron chi connectivity index (χ1n) is 14.0. The van der Waals surface area contributed by atoms with Gasteiger partial charge in [0.25, 0.3) is 11.6 Å². The van der Waals surface area contributed by atoms with Crippen molar-refractivity contribution in [3.63, 3.8) is 0 Å². The Morgan fingerprint density at radius 3 is 2.27 bits per heavy atom. The van der Waals surface area contributed by atoms with Gasteiger partial charge in [0, 0.05) is 63.0 Å². The van der Waals surface area contributed by atoms with Crippen molar-refractivity contribution in [2.75, 3.05) is 54.4 Å². The van der Waals surface area contributed by atoms with Gasteiger partial charge in [-0.15, -0.1) is 0 Å². The maximum atomic E-state index is 12.9. The van der Waals surface area contributed by atoms with Gasteiger partial charge in [0.15, 0.2) is 5.11 Å². The molecule has 2 aliphatic heterocycles. The summed E-state index contributed by atoms with van der Waals surface area (Å²) in [6.07, 6.45) is 2.50. The van der Waals surface area contributed by atoms with Gasteiger partial charge in [0.1, 0.15) is 5.69 Å². The monoisotopic (exact) mass is 600 g/mol. The van der Waals surface area contributed by atoms with Gasteiger partial charge < -0.3 is 20.0 Å². The molecule has 0 bridgehead atoms. The van der Waals surface area contributed by atoms with Crippen LogP contribution in [0.15, 0.2) is 36.4 Å². The van der Waals surface area contributed by atoms with Crippen molar-refractivity contribution in [3.05, 3.63) is 57.1 Å². The molecule has 220 valence electrons. The Hall–Kier alpha value is -3.44. The average molecular weight is 601 g/mol. The standard InChI is InChI=1S/C29H37ClN6O4S/c1-19(2)16-27(37)35-14-12-34(13-15-35)24-7-5-22(18-23(24)30)31-29(41)32-28(38)21-4-6-25(26(17-21)36(39)40)33-10-8-20(3)9-11-33/h4-7,17-20H,8-16H2,1-3H3,(H2,31,32,38,41). The summed E-state index contributed by atoms with van der Waals surface area (Å²) >= 11 is 11.9. The molecule has 2 aromatic carbocycles. The smallest absolute Gasteiger partial charge is 0.293 e. The predicted molar refractivity (Wildman–Crippen MR) is 167 cm³/mol. The molecule has 10 nitrogen and oxygen atoms in total. The van der Waals surface area contributed by atoms with Crippen molar-refractivity contribution in [2.45, 2.75) is 40.0 Å². The minimum atomic E-state index is -0.544. The second-order valence-electron chi connectivity index (χ2n) is 11.2. The van der Waals surface area contributed by atoms with E-state index in [4.69, 9.17) is 23.8 Å². The number of benzene rings is 2. The van der Waals surface area contributed by atoms with Crippen LogP contribution in [0.25, 0.3) is 0 Å². The van der Waals surface area contributed by atoms with Crippen LogP contribution < -0.4 is 20.4 Å². The van der Waals surface area contributed by atoms with Crippen LogP contribution in [0.2, 0.25) is 5.02 Å². The van der Waals surface area contributed by atoms with Gasteiger partial charge in [-0.3, -0.25) is 25.0 Å².